The molecule has 24 heavy (non-hydrogen) atoms. The van der Waals surface area contributed by atoms with Gasteiger partial charge < -0.3 is 4.98 Å². The minimum absolute atomic E-state index is 0.0109. The van der Waals surface area contributed by atoms with Crippen LogP contribution >= 0.6 is 23.4 Å². The standard InChI is InChI=1S/C18H12ClFN2OS/c1-10-3-2-4-16(19)15(10)9-24-18-13-7-11(20)5-6-12(13)14(8-21)17(23)22-18/h2-7H,9H2,1H3,(H,22,23). The Morgan fingerprint density at radius 2 is 2.08 bits per heavy atom. The molecule has 0 atom stereocenters. The van der Waals surface area contributed by atoms with Crippen LogP contribution in [0.2, 0.25) is 5.02 Å². The van der Waals surface area contributed by atoms with E-state index in [-0.39, 0.29) is 5.56 Å². The van der Waals surface area contributed by atoms with E-state index in [9.17, 15) is 9.18 Å². The van der Waals surface area contributed by atoms with Crippen LogP contribution < -0.4 is 5.56 Å². The molecule has 0 bridgehead atoms. The molecule has 1 N–H and O–H groups in total. The number of nitrogens with one attached hydrogen (secondary N) is 1. The minimum Gasteiger partial charge on any atom is -0.315 e. The highest BCUT2D eigenvalue weighted by molar-refractivity contribution is 7.98. The number of nitriles is 1. The molecule has 3 nitrogen and oxygen atoms in total. The Morgan fingerprint density at radius 3 is 2.79 bits per heavy atom. The summed E-state index contributed by atoms with van der Waals surface area (Å²) in [5.41, 5.74) is 1.51. The van der Waals surface area contributed by atoms with Gasteiger partial charge in [-0.15, -0.1) is 11.8 Å². The quantitative estimate of drug-likeness (QED) is 0.684. The number of pyridine rings is 1. The molecule has 0 unspecified atom stereocenters. The summed E-state index contributed by atoms with van der Waals surface area (Å²) in [5, 5.41) is 11.3. The Labute approximate surface area is 147 Å². The van der Waals surface area contributed by atoms with Crippen LogP contribution in [0.5, 0.6) is 0 Å². The molecule has 0 aliphatic heterocycles. The van der Waals surface area contributed by atoms with Crippen LogP contribution in [0.4, 0.5) is 4.39 Å². The third-order valence-corrected chi connectivity index (χ3v) is 5.17. The molecule has 0 fully saturated rings. The molecule has 6 heteroatoms. The molecular formula is C18H12ClFN2OS. The molecule has 0 amide bonds. The Balaban J connectivity index is 2.09. The molecule has 1 aromatic heterocycles. The number of hydrogen-bond acceptors (Lipinski definition) is 3. The van der Waals surface area contributed by atoms with Gasteiger partial charge in [0, 0.05) is 21.5 Å². The highest BCUT2D eigenvalue weighted by Gasteiger charge is 2.13. The highest BCUT2D eigenvalue weighted by Crippen LogP contribution is 2.32. The summed E-state index contributed by atoms with van der Waals surface area (Å²) in [7, 11) is 0. The van der Waals surface area contributed by atoms with Gasteiger partial charge in [-0.25, -0.2) is 4.39 Å². The van der Waals surface area contributed by atoms with Crippen molar-refractivity contribution in [2.45, 2.75) is 17.7 Å². The monoisotopic (exact) mass is 358 g/mol. The lowest BCUT2D eigenvalue weighted by Gasteiger charge is -2.10. The summed E-state index contributed by atoms with van der Waals surface area (Å²) in [6.07, 6.45) is 0. The SMILES string of the molecule is Cc1cccc(Cl)c1CSc1[nH]c(=O)c(C#N)c2ccc(F)cc12. The van der Waals surface area contributed by atoms with E-state index in [0.717, 1.165) is 11.1 Å². The van der Waals surface area contributed by atoms with Gasteiger partial charge >= 0.3 is 0 Å². The summed E-state index contributed by atoms with van der Waals surface area (Å²) in [6.45, 7) is 1.96. The smallest absolute Gasteiger partial charge is 0.267 e. The number of benzene rings is 2. The summed E-state index contributed by atoms with van der Waals surface area (Å²) in [5.74, 6) is 0.105. The maximum Gasteiger partial charge on any atom is 0.267 e. The summed E-state index contributed by atoms with van der Waals surface area (Å²) in [4.78, 5) is 14.8. The van der Waals surface area contributed by atoms with Crippen LogP contribution in [0.25, 0.3) is 10.8 Å². The maximum absolute atomic E-state index is 13.6. The summed E-state index contributed by atoms with van der Waals surface area (Å²) in [6, 6.07) is 11.6. The molecule has 1 heterocycles. The van der Waals surface area contributed by atoms with Gasteiger partial charge in [-0.05, 0) is 42.3 Å². The number of aromatic nitrogens is 1. The van der Waals surface area contributed by atoms with E-state index in [0.29, 0.717) is 26.6 Å². The van der Waals surface area contributed by atoms with E-state index in [1.54, 1.807) is 0 Å². The molecule has 0 aliphatic rings. The van der Waals surface area contributed by atoms with Crippen molar-refractivity contribution < 1.29 is 4.39 Å². The number of halogens is 2. The van der Waals surface area contributed by atoms with Crippen LogP contribution in [0.1, 0.15) is 16.7 Å². The van der Waals surface area contributed by atoms with Gasteiger partial charge in [0.05, 0.1) is 5.03 Å². The van der Waals surface area contributed by atoms with Gasteiger partial charge in [0.15, 0.2) is 0 Å². The van der Waals surface area contributed by atoms with Crippen molar-refractivity contribution >= 4 is 34.1 Å². The van der Waals surface area contributed by atoms with Gasteiger partial charge in [0.1, 0.15) is 17.4 Å². The fourth-order valence-corrected chi connectivity index (χ4v) is 4.02. The molecule has 0 aliphatic carbocycles. The zero-order chi connectivity index (χ0) is 17.3. The average Bonchev–Trinajstić information content (AvgIpc) is 2.54. The molecule has 0 spiro atoms. The molecule has 0 radical (unpaired) electrons. The lowest BCUT2D eigenvalue weighted by atomic mass is 10.1. The predicted octanol–water partition coefficient (Wildman–Crippen LogP) is 4.79. The first kappa shape index (κ1) is 16.6. The van der Waals surface area contributed by atoms with E-state index < -0.39 is 11.4 Å². The number of hydrogen-bond donors (Lipinski definition) is 1. The van der Waals surface area contributed by atoms with Crippen molar-refractivity contribution in [1.29, 1.82) is 5.26 Å². The number of aromatic amines is 1. The van der Waals surface area contributed by atoms with Crippen molar-refractivity contribution in [3.63, 3.8) is 0 Å². The number of H-pyrrole nitrogens is 1. The molecule has 3 aromatic rings. The van der Waals surface area contributed by atoms with E-state index in [1.165, 1.54) is 30.0 Å². The molecule has 0 saturated carbocycles. The number of rotatable bonds is 3. The van der Waals surface area contributed by atoms with E-state index >= 15 is 0 Å². The summed E-state index contributed by atoms with van der Waals surface area (Å²) < 4.78 is 13.6. The minimum atomic E-state index is -0.477. The molecule has 3 rings (SSSR count). The molecule has 120 valence electrons. The Kier molecular flexibility index (Phi) is 4.61. The lowest BCUT2D eigenvalue weighted by Crippen LogP contribution is -2.12. The van der Waals surface area contributed by atoms with Gasteiger partial charge in [0.2, 0.25) is 0 Å². The molecule has 2 aromatic carbocycles. The van der Waals surface area contributed by atoms with E-state index in [2.05, 4.69) is 4.98 Å². The highest BCUT2D eigenvalue weighted by atomic mass is 35.5. The first-order valence-electron chi connectivity index (χ1n) is 7.13. The zero-order valence-corrected chi connectivity index (χ0v) is 14.3. The third-order valence-electron chi connectivity index (χ3n) is 3.78. The van der Waals surface area contributed by atoms with Crippen molar-refractivity contribution in [2.24, 2.45) is 0 Å². The fourth-order valence-electron chi connectivity index (χ4n) is 2.50. The van der Waals surface area contributed by atoms with Crippen molar-refractivity contribution in [3.05, 3.63) is 74.3 Å². The first-order valence-corrected chi connectivity index (χ1v) is 8.50. The Hall–Kier alpha value is -2.29. The second-order valence-corrected chi connectivity index (χ2v) is 6.68. The molecular weight excluding hydrogens is 347 g/mol. The van der Waals surface area contributed by atoms with Crippen molar-refractivity contribution in [1.82, 2.24) is 4.98 Å². The van der Waals surface area contributed by atoms with Gasteiger partial charge in [-0.1, -0.05) is 23.7 Å². The second kappa shape index (κ2) is 6.68. The first-order chi connectivity index (χ1) is 11.5. The molecule has 0 saturated heterocycles. The predicted molar refractivity (Wildman–Crippen MR) is 95.0 cm³/mol. The van der Waals surface area contributed by atoms with Crippen molar-refractivity contribution in [3.8, 4) is 6.07 Å². The Bertz CT molecular complexity index is 1020. The van der Waals surface area contributed by atoms with Crippen LogP contribution in [0, 0.1) is 24.1 Å². The van der Waals surface area contributed by atoms with Crippen LogP contribution in [-0.4, -0.2) is 4.98 Å². The van der Waals surface area contributed by atoms with E-state index in [1.807, 2.05) is 31.2 Å². The van der Waals surface area contributed by atoms with Crippen molar-refractivity contribution in [2.75, 3.05) is 0 Å². The number of fused-ring (bicyclic) bond motifs is 1. The van der Waals surface area contributed by atoms with Gasteiger partial charge in [-0.3, -0.25) is 4.79 Å². The zero-order valence-electron chi connectivity index (χ0n) is 12.7. The topological polar surface area (TPSA) is 56.6 Å². The number of thioether (sulfide) groups is 1. The fraction of sp³-hybridized carbons (Fsp3) is 0.111. The maximum atomic E-state index is 13.6. The van der Waals surface area contributed by atoms with Gasteiger partial charge in [0.25, 0.3) is 5.56 Å². The third kappa shape index (κ3) is 3.03. The largest absolute Gasteiger partial charge is 0.315 e. The lowest BCUT2D eigenvalue weighted by molar-refractivity contribution is 0.629. The normalized spacial score (nSPS) is 10.8. The van der Waals surface area contributed by atoms with Crippen LogP contribution in [-0.2, 0) is 5.75 Å². The van der Waals surface area contributed by atoms with E-state index in [4.69, 9.17) is 16.9 Å². The number of nitrogens with zero attached hydrogens (tertiary/aromatic N) is 1. The van der Waals surface area contributed by atoms with Crippen LogP contribution in [0.15, 0.2) is 46.2 Å². The Morgan fingerprint density at radius 1 is 1.29 bits per heavy atom. The summed E-state index contributed by atoms with van der Waals surface area (Å²) >= 11 is 7.59. The number of aryl methyl sites for hydroxylation is 1. The van der Waals surface area contributed by atoms with Crippen LogP contribution in [0.3, 0.4) is 0 Å². The van der Waals surface area contributed by atoms with Gasteiger partial charge in [-0.2, -0.15) is 5.26 Å². The average molecular weight is 359 g/mol. The second-order valence-electron chi connectivity index (χ2n) is 5.28.